The lowest BCUT2D eigenvalue weighted by atomic mass is 10.3. The average molecular weight is 317 g/mol. The third-order valence-electron chi connectivity index (χ3n) is 3.03. The van der Waals surface area contributed by atoms with E-state index in [1.807, 2.05) is 30.5 Å². The second kappa shape index (κ2) is 6.24. The summed E-state index contributed by atoms with van der Waals surface area (Å²) in [6.45, 7) is 2.71. The lowest BCUT2D eigenvalue weighted by Gasteiger charge is -2.07. The summed E-state index contributed by atoms with van der Waals surface area (Å²) < 4.78 is 1.81. The van der Waals surface area contributed by atoms with E-state index in [-0.39, 0.29) is 5.91 Å². The zero-order valence-electron chi connectivity index (χ0n) is 11.6. The molecule has 3 aromatic heterocycles. The van der Waals surface area contributed by atoms with E-state index < -0.39 is 0 Å². The van der Waals surface area contributed by atoms with E-state index in [9.17, 15) is 4.79 Å². The summed E-state index contributed by atoms with van der Waals surface area (Å²) in [5.41, 5.74) is 1.19. The highest BCUT2D eigenvalue weighted by atomic mass is 32.1. The zero-order chi connectivity index (χ0) is 14.7. The van der Waals surface area contributed by atoms with Gasteiger partial charge < -0.3 is 5.32 Å². The van der Waals surface area contributed by atoms with Crippen LogP contribution in [0.2, 0.25) is 0 Å². The average Bonchev–Trinajstić information content (AvgIpc) is 3.15. The maximum atomic E-state index is 12.1. The van der Waals surface area contributed by atoms with Gasteiger partial charge in [-0.2, -0.15) is 16.4 Å². The third kappa shape index (κ3) is 3.59. The molecule has 0 aliphatic rings. The van der Waals surface area contributed by atoms with Crippen molar-refractivity contribution >= 4 is 34.4 Å². The van der Waals surface area contributed by atoms with E-state index in [0.717, 1.165) is 10.7 Å². The molecule has 0 radical (unpaired) electrons. The number of thiophene rings is 2. The summed E-state index contributed by atoms with van der Waals surface area (Å²) >= 11 is 3.31. The van der Waals surface area contributed by atoms with Crippen LogP contribution in [0.15, 0.2) is 41.2 Å². The molecule has 0 bridgehead atoms. The standard InChI is InChI=1S/C15H15N3OS2/c1-11-2-3-13(21-11)8-15(19)17-14-4-6-16-18(14)9-12-5-7-20-10-12/h2-7,10H,8-9H2,1H3,(H,17,19). The molecule has 4 nitrogen and oxygen atoms in total. The van der Waals surface area contributed by atoms with Gasteiger partial charge >= 0.3 is 0 Å². The van der Waals surface area contributed by atoms with Crippen molar-refractivity contribution in [1.82, 2.24) is 9.78 Å². The van der Waals surface area contributed by atoms with Gasteiger partial charge in [-0.25, -0.2) is 4.68 Å². The minimum atomic E-state index is -0.0103. The van der Waals surface area contributed by atoms with Crippen LogP contribution in [-0.2, 0) is 17.8 Å². The van der Waals surface area contributed by atoms with Crippen molar-refractivity contribution in [2.24, 2.45) is 0 Å². The van der Waals surface area contributed by atoms with Crippen LogP contribution in [0.5, 0.6) is 0 Å². The Balaban J connectivity index is 1.65. The van der Waals surface area contributed by atoms with Gasteiger partial charge in [0.1, 0.15) is 5.82 Å². The highest BCUT2D eigenvalue weighted by Crippen LogP contribution is 2.17. The van der Waals surface area contributed by atoms with Crippen LogP contribution in [0.25, 0.3) is 0 Å². The molecule has 3 rings (SSSR count). The largest absolute Gasteiger partial charge is 0.311 e. The molecule has 1 amide bonds. The second-order valence-corrected chi connectivity index (χ2v) is 6.90. The van der Waals surface area contributed by atoms with Gasteiger partial charge in [-0.3, -0.25) is 4.79 Å². The van der Waals surface area contributed by atoms with Gasteiger partial charge in [0.05, 0.1) is 19.2 Å². The fourth-order valence-electron chi connectivity index (χ4n) is 2.05. The normalized spacial score (nSPS) is 10.7. The maximum absolute atomic E-state index is 12.1. The van der Waals surface area contributed by atoms with Gasteiger partial charge in [0.25, 0.3) is 0 Å². The molecule has 0 unspecified atom stereocenters. The SMILES string of the molecule is Cc1ccc(CC(=O)Nc2ccnn2Cc2ccsc2)s1. The van der Waals surface area contributed by atoms with Gasteiger partial charge in [0, 0.05) is 15.8 Å². The number of aromatic nitrogens is 2. The van der Waals surface area contributed by atoms with Crippen molar-refractivity contribution < 1.29 is 4.79 Å². The fourth-order valence-corrected chi connectivity index (χ4v) is 3.59. The Morgan fingerprint density at radius 3 is 2.95 bits per heavy atom. The topological polar surface area (TPSA) is 46.9 Å². The molecule has 0 aliphatic carbocycles. The number of amides is 1. The number of aryl methyl sites for hydroxylation is 1. The second-order valence-electron chi connectivity index (χ2n) is 4.74. The van der Waals surface area contributed by atoms with Crippen molar-refractivity contribution in [2.75, 3.05) is 5.32 Å². The van der Waals surface area contributed by atoms with E-state index in [1.165, 1.54) is 10.4 Å². The number of hydrogen-bond donors (Lipinski definition) is 1. The Labute approximate surface area is 131 Å². The summed E-state index contributed by atoms with van der Waals surface area (Å²) in [6.07, 6.45) is 2.11. The minimum Gasteiger partial charge on any atom is -0.311 e. The number of carbonyl (C=O) groups excluding carboxylic acids is 1. The number of nitrogens with one attached hydrogen (secondary N) is 1. The van der Waals surface area contributed by atoms with Crippen LogP contribution in [0.4, 0.5) is 5.82 Å². The number of hydrogen-bond acceptors (Lipinski definition) is 4. The summed E-state index contributed by atoms with van der Waals surface area (Å²) in [7, 11) is 0. The lowest BCUT2D eigenvalue weighted by molar-refractivity contribution is -0.115. The Bertz CT molecular complexity index is 728. The van der Waals surface area contributed by atoms with E-state index in [2.05, 4.69) is 21.9 Å². The number of anilines is 1. The smallest absolute Gasteiger partial charge is 0.230 e. The van der Waals surface area contributed by atoms with Crippen LogP contribution in [0.3, 0.4) is 0 Å². The molecule has 0 atom stereocenters. The first-order chi connectivity index (χ1) is 10.2. The Morgan fingerprint density at radius 1 is 1.33 bits per heavy atom. The molecule has 108 valence electrons. The van der Waals surface area contributed by atoms with Crippen molar-refractivity contribution in [3.05, 3.63) is 56.5 Å². The summed E-state index contributed by atoms with van der Waals surface area (Å²) in [6, 6.07) is 7.92. The first-order valence-electron chi connectivity index (χ1n) is 6.59. The lowest BCUT2D eigenvalue weighted by Crippen LogP contribution is -2.17. The van der Waals surface area contributed by atoms with Gasteiger partial charge in [-0.05, 0) is 41.4 Å². The van der Waals surface area contributed by atoms with Crippen LogP contribution >= 0.6 is 22.7 Å². The predicted molar refractivity (Wildman–Crippen MR) is 87.0 cm³/mol. The van der Waals surface area contributed by atoms with Crippen molar-refractivity contribution in [2.45, 2.75) is 19.9 Å². The number of rotatable bonds is 5. The molecule has 0 fully saturated rings. The molecule has 0 aliphatic heterocycles. The molecule has 3 heterocycles. The Hall–Kier alpha value is -1.92. The van der Waals surface area contributed by atoms with Crippen LogP contribution in [0, 0.1) is 6.92 Å². The third-order valence-corrected chi connectivity index (χ3v) is 4.76. The highest BCUT2D eigenvalue weighted by molar-refractivity contribution is 7.12. The Morgan fingerprint density at radius 2 is 2.24 bits per heavy atom. The first-order valence-corrected chi connectivity index (χ1v) is 8.35. The quantitative estimate of drug-likeness (QED) is 0.782. The van der Waals surface area contributed by atoms with Gasteiger partial charge in [0.2, 0.25) is 5.91 Å². The maximum Gasteiger partial charge on any atom is 0.230 e. The molecular formula is C15H15N3OS2. The Kier molecular flexibility index (Phi) is 4.17. The van der Waals surface area contributed by atoms with Crippen molar-refractivity contribution in [1.29, 1.82) is 0 Å². The van der Waals surface area contributed by atoms with E-state index in [1.54, 1.807) is 33.6 Å². The predicted octanol–water partition coefficient (Wildman–Crippen LogP) is 3.54. The zero-order valence-corrected chi connectivity index (χ0v) is 13.2. The van der Waals surface area contributed by atoms with Gasteiger partial charge in [-0.15, -0.1) is 11.3 Å². The molecule has 6 heteroatoms. The van der Waals surface area contributed by atoms with E-state index >= 15 is 0 Å². The van der Waals surface area contributed by atoms with Crippen LogP contribution in [-0.4, -0.2) is 15.7 Å². The van der Waals surface area contributed by atoms with E-state index in [0.29, 0.717) is 13.0 Å². The molecule has 0 saturated heterocycles. The van der Waals surface area contributed by atoms with Crippen molar-refractivity contribution in [3.63, 3.8) is 0 Å². The highest BCUT2D eigenvalue weighted by Gasteiger charge is 2.09. The molecule has 3 aromatic rings. The molecule has 0 spiro atoms. The summed E-state index contributed by atoms with van der Waals surface area (Å²) in [5.74, 6) is 0.725. The van der Waals surface area contributed by atoms with Crippen LogP contribution in [0.1, 0.15) is 15.3 Å². The summed E-state index contributed by atoms with van der Waals surface area (Å²) in [4.78, 5) is 14.4. The molecule has 21 heavy (non-hydrogen) atoms. The van der Waals surface area contributed by atoms with Gasteiger partial charge in [0.15, 0.2) is 0 Å². The molecule has 0 saturated carbocycles. The number of carbonyl (C=O) groups is 1. The molecule has 1 N–H and O–H groups in total. The fraction of sp³-hybridized carbons (Fsp3) is 0.200. The first kappa shape index (κ1) is 14.0. The molecule has 0 aromatic carbocycles. The molecular weight excluding hydrogens is 302 g/mol. The minimum absolute atomic E-state index is 0.0103. The summed E-state index contributed by atoms with van der Waals surface area (Å²) in [5, 5.41) is 11.3. The number of nitrogens with zero attached hydrogens (tertiary/aromatic N) is 2. The van der Waals surface area contributed by atoms with E-state index in [4.69, 9.17) is 0 Å². The monoisotopic (exact) mass is 317 g/mol. The van der Waals surface area contributed by atoms with Crippen LogP contribution < -0.4 is 5.32 Å². The van der Waals surface area contributed by atoms with Crippen molar-refractivity contribution in [3.8, 4) is 0 Å². The van der Waals surface area contributed by atoms with Gasteiger partial charge in [-0.1, -0.05) is 0 Å².